The van der Waals surface area contributed by atoms with Crippen molar-refractivity contribution < 1.29 is 8.42 Å². The second kappa shape index (κ2) is 6.35. The van der Waals surface area contributed by atoms with Crippen LogP contribution in [0.5, 0.6) is 0 Å². The van der Waals surface area contributed by atoms with Crippen LogP contribution in [0.15, 0.2) is 15.7 Å². The van der Waals surface area contributed by atoms with E-state index in [1.807, 2.05) is 12.3 Å². The number of thiophene rings is 1. The maximum absolute atomic E-state index is 12.7. The predicted molar refractivity (Wildman–Crippen MR) is 78.6 cm³/mol. The molecule has 1 aliphatic rings. The summed E-state index contributed by atoms with van der Waals surface area (Å²) in [5.74, 6) is 0. The van der Waals surface area contributed by atoms with E-state index in [2.05, 4.69) is 0 Å². The fraction of sp³-hybridized carbons (Fsp3) is 0.692. The number of sulfonamides is 1. The van der Waals surface area contributed by atoms with Crippen LogP contribution in [0.3, 0.4) is 0 Å². The second-order valence-electron chi connectivity index (χ2n) is 4.98. The minimum atomic E-state index is -3.34. The first-order valence-corrected chi connectivity index (χ1v) is 9.21. The Bertz CT molecular complexity index is 504. The van der Waals surface area contributed by atoms with Crippen LogP contribution in [-0.2, 0) is 16.6 Å². The maximum atomic E-state index is 12.7. The Morgan fingerprint density at radius 1 is 1.37 bits per heavy atom. The minimum Gasteiger partial charge on any atom is -0.326 e. The molecule has 0 saturated heterocycles. The zero-order valence-corrected chi connectivity index (χ0v) is 13.0. The average Bonchev–Trinajstić information content (AvgIpc) is 2.90. The summed E-state index contributed by atoms with van der Waals surface area (Å²) < 4.78 is 27.5. The Morgan fingerprint density at radius 3 is 2.58 bits per heavy atom. The third-order valence-electron chi connectivity index (χ3n) is 3.72. The summed E-state index contributed by atoms with van der Waals surface area (Å²) in [5.41, 5.74) is 6.45. The van der Waals surface area contributed by atoms with E-state index in [0.717, 1.165) is 31.2 Å². The van der Waals surface area contributed by atoms with E-state index in [1.165, 1.54) is 17.8 Å². The molecular formula is C13H22N2O2S2. The molecule has 19 heavy (non-hydrogen) atoms. The molecule has 0 aliphatic heterocycles. The van der Waals surface area contributed by atoms with Gasteiger partial charge in [-0.15, -0.1) is 11.3 Å². The molecule has 0 aromatic carbocycles. The van der Waals surface area contributed by atoms with E-state index >= 15 is 0 Å². The van der Waals surface area contributed by atoms with Crippen molar-refractivity contribution in [2.45, 2.75) is 55.8 Å². The lowest BCUT2D eigenvalue weighted by atomic mass is 9.95. The first-order valence-electron chi connectivity index (χ1n) is 6.89. The van der Waals surface area contributed by atoms with E-state index in [-0.39, 0.29) is 6.04 Å². The molecule has 2 N–H and O–H groups in total. The third kappa shape index (κ3) is 3.18. The number of rotatable bonds is 5. The molecule has 4 nitrogen and oxygen atoms in total. The Balaban J connectivity index is 2.24. The summed E-state index contributed by atoms with van der Waals surface area (Å²) in [7, 11) is -3.34. The number of hydrogen-bond donors (Lipinski definition) is 1. The van der Waals surface area contributed by atoms with Crippen molar-refractivity contribution in [3.63, 3.8) is 0 Å². The maximum Gasteiger partial charge on any atom is 0.252 e. The van der Waals surface area contributed by atoms with E-state index in [1.54, 1.807) is 10.4 Å². The first kappa shape index (κ1) is 15.0. The fourth-order valence-corrected chi connectivity index (χ4v) is 5.75. The van der Waals surface area contributed by atoms with Crippen molar-refractivity contribution in [3.8, 4) is 0 Å². The van der Waals surface area contributed by atoms with E-state index in [0.29, 0.717) is 17.3 Å². The molecular weight excluding hydrogens is 280 g/mol. The Hall–Kier alpha value is -0.430. The monoisotopic (exact) mass is 302 g/mol. The van der Waals surface area contributed by atoms with Crippen LogP contribution in [0.1, 0.15) is 44.6 Å². The van der Waals surface area contributed by atoms with Gasteiger partial charge in [0.1, 0.15) is 4.21 Å². The van der Waals surface area contributed by atoms with Gasteiger partial charge >= 0.3 is 0 Å². The van der Waals surface area contributed by atoms with Gasteiger partial charge in [-0.3, -0.25) is 0 Å². The van der Waals surface area contributed by atoms with Gasteiger partial charge < -0.3 is 5.73 Å². The van der Waals surface area contributed by atoms with Crippen molar-refractivity contribution in [1.82, 2.24) is 4.31 Å². The van der Waals surface area contributed by atoms with Crippen LogP contribution < -0.4 is 5.73 Å². The van der Waals surface area contributed by atoms with Crippen LogP contribution in [0.2, 0.25) is 0 Å². The van der Waals surface area contributed by atoms with Gasteiger partial charge in [0.25, 0.3) is 10.0 Å². The molecule has 1 saturated carbocycles. The van der Waals surface area contributed by atoms with Crippen molar-refractivity contribution in [1.29, 1.82) is 0 Å². The van der Waals surface area contributed by atoms with Gasteiger partial charge in [-0.25, -0.2) is 8.42 Å². The van der Waals surface area contributed by atoms with E-state index in [4.69, 9.17) is 5.73 Å². The van der Waals surface area contributed by atoms with Crippen molar-refractivity contribution in [2.24, 2.45) is 5.73 Å². The molecule has 1 aliphatic carbocycles. The number of nitrogens with two attached hydrogens (primary N) is 1. The molecule has 1 aromatic rings. The molecule has 2 rings (SSSR count). The molecule has 6 heteroatoms. The zero-order chi connectivity index (χ0) is 13.9. The van der Waals surface area contributed by atoms with Crippen molar-refractivity contribution in [2.75, 3.05) is 6.54 Å². The van der Waals surface area contributed by atoms with Gasteiger partial charge in [0, 0.05) is 19.1 Å². The van der Waals surface area contributed by atoms with Crippen LogP contribution in [-0.4, -0.2) is 25.3 Å². The summed E-state index contributed by atoms with van der Waals surface area (Å²) in [4.78, 5) is 0. The molecule has 0 amide bonds. The Labute approximate surface area is 119 Å². The second-order valence-corrected chi connectivity index (χ2v) is 8.01. The van der Waals surface area contributed by atoms with Crippen LogP contribution >= 0.6 is 11.3 Å². The SMILES string of the molecule is CCN(C1CCCCC1)S(=O)(=O)c1cc(CN)cs1. The number of nitrogens with zero attached hydrogens (tertiary/aromatic N) is 1. The highest BCUT2D eigenvalue weighted by Crippen LogP contribution is 2.30. The molecule has 0 bridgehead atoms. The highest BCUT2D eigenvalue weighted by molar-refractivity contribution is 7.91. The lowest BCUT2D eigenvalue weighted by Gasteiger charge is -2.32. The summed E-state index contributed by atoms with van der Waals surface area (Å²) in [6.07, 6.45) is 5.47. The van der Waals surface area contributed by atoms with Gasteiger partial charge in [0.05, 0.1) is 0 Å². The van der Waals surface area contributed by atoms with E-state index < -0.39 is 10.0 Å². The molecule has 1 heterocycles. The molecule has 0 radical (unpaired) electrons. The molecule has 108 valence electrons. The average molecular weight is 302 g/mol. The molecule has 1 aromatic heterocycles. The van der Waals surface area contributed by atoms with Gasteiger partial charge in [0.2, 0.25) is 0 Å². The van der Waals surface area contributed by atoms with Crippen molar-refractivity contribution >= 4 is 21.4 Å². The summed E-state index contributed by atoms with van der Waals surface area (Å²) in [5, 5.41) is 1.83. The lowest BCUT2D eigenvalue weighted by Crippen LogP contribution is -2.40. The Kier molecular flexibility index (Phi) is 5.00. The van der Waals surface area contributed by atoms with Gasteiger partial charge in [-0.2, -0.15) is 4.31 Å². The van der Waals surface area contributed by atoms with E-state index in [9.17, 15) is 8.42 Å². The fourth-order valence-electron chi connectivity index (χ4n) is 2.70. The number of hydrogen-bond acceptors (Lipinski definition) is 4. The highest BCUT2D eigenvalue weighted by Gasteiger charge is 2.31. The van der Waals surface area contributed by atoms with Crippen molar-refractivity contribution in [3.05, 3.63) is 17.0 Å². The minimum absolute atomic E-state index is 0.173. The molecule has 1 fully saturated rings. The van der Waals surface area contributed by atoms with Crippen LogP contribution in [0.4, 0.5) is 0 Å². The third-order valence-corrected chi connectivity index (χ3v) is 7.21. The van der Waals surface area contributed by atoms with Gasteiger partial charge in [-0.1, -0.05) is 26.2 Å². The molecule has 0 spiro atoms. The quantitative estimate of drug-likeness (QED) is 0.909. The predicted octanol–water partition coefficient (Wildman–Crippen LogP) is 2.55. The Morgan fingerprint density at radius 2 is 2.05 bits per heavy atom. The standard InChI is InChI=1S/C13H22N2O2S2/c1-2-15(12-6-4-3-5-7-12)19(16,17)13-8-11(9-14)10-18-13/h8,10,12H,2-7,9,14H2,1H3. The van der Waals surface area contributed by atoms with Crippen LogP contribution in [0, 0.1) is 0 Å². The zero-order valence-electron chi connectivity index (χ0n) is 11.3. The largest absolute Gasteiger partial charge is 0.326 e. The topological polar surface area (TPSA) is 63.4 Å². The first-order chi connectivity index (χ1) is 9.09. The van der Waals surface area contributed by atoms with Gasteiger partial charge in [-0.05, 0) is 29.9 Å². The summed E-state index contributed by atoms with van der Waals surface area (Å²) >= 11 is 1.28. The summed E-state index contributed by atoms with van der Waals surface area (Å²) in [6, 6.07) is 1.89. The van der Waals surface area contributed by atoms with Crippen LogP contribution in [0.25, 0.3) is 0 Å². The lowest BCUT2D eigenvalue weighted by molar-refractivity contribution is 0.261. The smallest absolute Gasteiger partial charge is 0.252 e. The highest BCUT2D eigenvalue weighted by atomic mass is 32.2. The summed E-state index contributed by atoms with van der Waals surface area (Å²) in [6.45, 7) is 2.86. The molecule has 0 unspecified atom stereocenters. The van der Waals surface area contributed by atoms with Gasteiger partial charge in [0.15, 0.2) is 0 Å². The normalized spacial score (nSPS) is 18.1. The molecule has 0 atom stereocenters.